The van der Waals surface area contributed by atoms with E-state index in [-0.39, 0.29) is 51.2 Å². The molecule has 17 nitrogen and oxygen atoms in total. The minimum atomic E-state index is -1.24. The van der Waals surface area contributed by atoms with E-state index in [0.29, 0.717) is 63.3 Å². The second-order valence-corrected chi connectivity index (χ2v) is 34.1. The van der Waals surface area contributed by atoms with E-state index in [4.69, 9.17) is 39.4 Å². The average molecular weight is 1320 g/mol. The highest BCUT2D eigenvalue weighted by Gasteiger charge is 2.46. The average Bonchev–Trinajstić information content (AvgIpc) is 1.63. The van der Waals surface area contributed by atoms with Crippen molar-refractivity contribution in [2.75, 3.05) is 61.5 Å². The van der Waals surface area contributed by atoms with Crippen LogP contribution in [0.4, 0.5) is 0 Å². The molecule has 0 bridgehead atoms. The summed E-state index contributed by atoms with van der Waals surface area (Å²) < 4.78 is 57.1. The van der Waals surface area contributed by atoms with E-state index in [9.17, 15) is 18.7 Å². The van der Waals surface area contributed by atoms with Crippen molar-refractivity contribution in [1.29, 1.82) is 0 Å². The topological polar surface area (TPSA) is 203 Å². The first-order valence-corrected chi connectivity index (χ1v) is 37.8. The Kier molecular flexibility index (Phi) is 27.1. The molecule has 0 saturated heterocycles. The number of carbonyl (C=O) groups is 2. The summed E-state index contributed by atoms with van der Waals surface area (Å²) in [7, 11) is 7.95. The molecule has 0 radical (unpaired) electrons. The third-order valence-corrected chi connectivity index (χ3v) is 18.4. The van der Waals surface area contributed by atoms with Crippen LogP contribution in [0.2, 0.25) is 17.4 Å². The minimum absolute atomic E-state index is 0.0442. The van der Waals surface area contributed by atoms with Crippen molar-refractivity contribution in [3.8, 4) is 69.2 Å². The Bertz CT molecular complexity index is 3660. The molecule has 2 aromatic heterocycles. The summed E-state index contributed by atoms with van der Waals surface area (Å²) in [5.74, 6) is 22.0. The lowest BCUT2D eigenvalue weighted by molar-refractivity contribution is 0.0519. The molecule has 3 N–H and O–H groups in total. The van der Waals surface area contributed by atoms with Crippen molar-refractivity contribution in [2.45, 2.75) is 153 Å². The molecule has 20 heteroatoms. The van der Waals surface area contributed by atoms with Gasteiger partial charge in [-0.1, -0.05) is 86.8 Å². The van der Waals surface area contributed by atoms with E-state index in [1.54, 1.807) is 6.92 Å². The summed E-state index contributed by atoms with van der Waals surface area (Å²) in [5.41, 5.74) is 17.1. The van der Waals surface area contributed by atoms with Crippen molar-refractivity contribution in [2.24, 2.45) is 5.73 Å². The highest BCUT2D eigenvalue weighted by atomic mass is 32.2. The first-order chi connectivity index (χ1) is 44.2. The standard InChI is InChI=1S/C34H40N4O4S.C28H37N3O3S.C8H9NO2.3CH3.Al/c1-7-10-28-31-26(21-38(28)43(40)34(2,3)4)19-27(33(39)35-20-24-14-15-29-30(18-24)42-22-41-29)36-32(31)25-13-8-11-23(17-25)12-9-16-37(5)6;1-8-12-24-25-22(19-31(24)35(33)28(3,4)5)18-23(27(32)34-9-2)29-26(25)21-15-10-13-20(17-21)14-11-16-30(6)7;9-4-6-1-2-7-8(3-6)11-5-10-7;;;;/h8,11,13-15,17-19,28H,7,10,16,20-22H2,1-6H3,(H,35,39);10,13,15,17-18,24H,8-9,12,16,19H2,1-7H3;1-3H,4-5,9H2;3*1H3;/t28-,43?;24-,35?;;;;;/m11...../s1. The van der Waals surface area contributed by atoms with Gasteiger partial charge in [0.15, 0.2) is 23.0 Å². The molecule has 2 unspecified atom stereocenters. The van der Waals surface area contributed by atoms with Crippen molar-refractivity contribution >= 4 is 48.7 Å². The number of nitrogens with two attached hydrogens (primary N) is 1. The normalized spacial score (nSPS) is 15.8. The maximum atomic E-state index is 13.8. The Balaban J connectivity index is 0.000000218. The van der Waals surface area contributed by atoms with Gasteiger partial charge in [0.05, 0.1) is 56.3 Å². The Labute approximate surface area is 563 Å². The number of amides is 1. The molecule has 0 saturated carbocycles. The predicted octanol–water partition coefficient (Wildman–Crippen LogP) is 12.6. The number of aromatic nitrogens is 2. The molecule has 0 aliphatic carbocycles. The van der Waals surface area contributed by atoms with Crippen LogP contribution >= 0.6 is 0 Å². The molecule has 0 spiro atoms. The number of pyridine rings is 2. The Hall–Kier alpha value is -6.61. The van der Waals surface area contributed by atoms with E-state index in [1.165, 1.54) is 0 Å². The molecule has 10 rings (SSSR count). The van der Waals surface area contributed by atoms with E-state index in [2.05, 4.69) is 68.8 Å². The van der Waals surface area contributed by atoms with Gasteiger partial charge in [0.25, 0.3) is 20.1 Å². The second kappa shape index (κ2) is 34.2. The zero-order valence-electron chi connectivity index (χ0n) is 57.4. The number of rotatable bonds is 16. The molecule has 93 heavy (non-hydrogen) atoms. The smallest absolute Gasteiger partial charge is 0.356 e. The van der Waals surface area contributed by atoms with E-state index in [0.717, 1.165) is 104 Å². The quantitative estimate of drug-likeness (QED) is 0.0400. The summed E-state index contributed by atoms with van der Waals surface area (Å²) in [6.45, 7) is 22.0. The van der Waals surface area contributed by atoms with Crippen LogP contribution in [0.3, 0.4) is 0 Å². The second-order valence-electron chi connectivity index (χ2n) is 26.3. The minimum Gasteiger partial charge on any atom is -0.597 e. The molecule has 1 amide bonds. The molecule has 0 fully saturated rings. The molecule has 4 aliphatic rings. The third kappa shape index (κ3) is 20.2. The molecule has 6 heterocycles. The highest BCUT2D eigenvalue weighted by molar-refractivity contribution is 7.90. The maximum Gasteiger partial charge on any atom is 0.356 e. The summed E-state index contributed by atoms with van der Waals surface area (Å²) in [6, 6.07) is 30.9. The molecular formula is C73H95AlN8O9S2. The maximum absolute atomic E-state index is 13.8. The molecule has 4 aromatic carbocycles. The fourth-order valence-electron chi connectivity index (χ4n) is 10.6. The van der Waals surface area contributed by atoms with Crippen molar-refractivity contribution < 1.29 is 42.4 Å². The van der Waals surface area contributed by atoms with Crippen LogP contribution in [0.15, 0.2) is 97.1 Å². The molecule has 6 aromatic rings. The van der Waals surface area contributed by atoms with Gasteiger partial charge >= 0.3 is 5.97 Å². The van der Waals surface area contributed by atoms with E-state index in [1.807, 2.05) is 177 Å². The lowest BCUT2D eigenvalue weighted by Gasteiger charge is -2.33. The number of fused-ring (bicyclic) bond motifs is 4. The Morgan fingerprint density at radius 1 is 0.645 bits per heavy atom. The number of benzene rings is 4. The van der Waals surface area contributed by atoms with Gasteiger partial charge in [-0.05, 0) is 172 Å². The van der Waals surface area contributed by atoms with Crippen LogP contribution in [-0.4, -0.2) is 134 Å². The first-order valence-electron chi connectivity index (χ1n) is 32.1. The van der Waals surface area contributed by atoms with Crippen LogP contribution in [0, 0.1) is 23.7 Å². The Morgan fingerprint density at radius 3 is 1.51 bits per heavy atom. The van der Waals surface area contributed by atoms with Gasteiger partial charge in [0.1, 0.15) is 20.9 Å². The van der Waals surface area contributed by atoms with Crippen LogP contribution in [0.5, 0.6) is 23.0 Å². The summed E-state index contributed by atoms with van der Waals surface area (Å²) in [5, 5.41) is 3.02. The van der Waals surface area contributed by atoms with Gasteiger partial charge in [-0.25, -0.2) is 14.8 Å². The van der Waals surface area contributed by atoms with Crippen LogP contribution in [0.25, 0.3) is 22.5 Å². The van der Waals surface area contributed by atoms with Gasteiger partial charge in [-0.15, -0.1) is 26.0 Å². The van der Waals surface area contributed by atoms with Crippen LogP contribution < -0.4 is 30.0 Å². The predicted molar refractivity (Wildman–Crippen MR) is 376 cm³/mol. The van der Waals surface area contributed by atoms with Crippen molar-refractivity contribution in [1.82, 2.24) is 33.7 Å². The monoisotopic (exact) mass is 1320 g/mol. The molecule has 4 atom stereocenters. The number of carbonyl (C=O) groups excluding carboxylic acids is 2. The molecule has 496 valence electrons. The zero-order chi connectivity index (χ0) is 67.7. The van der Waals surface area contributed by atoms with Gasteiger partial charge in [-0.2, -0.15) is 0 Å². The number of hydrogen-bond donors (Lipinski definition) is 2. The molecular weight excluding hydrogens is 1220 g/mol. The fraction of sp³-hybridized carbons (Fsp3) is 0.452. The summed E-state index contributed by atoms with van der Waals surface area (Å²) >= 11 is -2.58. The van der Waals surface area contributed by atoms with Crippen molar-refractivity contribution in [3.63, 3.8) is 0 Å². The van der Waals surface area contributed by atoms with Gasteiger partial charge < -0.3 is 43.8 Å². The SMILES string of the molecule is CCC[C@@H]1c2c(cc(C(=O)NCc3ccc4c(c3)OCO4)nc2-c2cccc(C#CCN(C)C)c2)CN1[S+]([O-])C(C)(C)C.CCC[C@@H]1c2c(cc(C(=O)OCC)nc2-c2cccc(C#CCN(C)C)c2)CN1[S+]([O-])C(C)(C)C.NCc1ccc2c(c1)OCO2.[CH3][Al]([CH3])[CH3]. The van der Waals surface area contributed by atoms with Gasteiger partial charge in [-0.3, -0.25) is 14.6 Å². The van der Waals surface area contributed by atoms with Gasteiger partial charge in [0, 0.05) is 69.2 Å². The number of hydrogen-bond acceptors (Lipinski definition) is 16. The van der Waals surface area contributed by atoms with E-state index >= 15 is 0 Å². The lowest BCUT2D eigenvalue weighted by Crippen LogP contribution is -2.42. The number of nitrogens with zero attached hydrogens (tertiary/aromatic N) is 6. The number of nitrogens with one attached hydrogen (secondary N) is 1. The fourth-order valence-corrected chi connectivity index (χ4v) is 13.4. The first kappa shape index (κ1) is 73.8. The van der Waals surface area contributed by atoms with Crippen LogP contribution in [-0.2, 0) is 53.6 Å². The van der Waals surface area contributed by atoms with Crippen LogP contribution in [0.1, 0.15) is 166 Å². The van der Waals surface area contributed by atoms with E-state index < -0.39 is 38.2 Å². The Morgan fingerprint density at radius 2 is 1.08 bits per heavy atom. The van der Waals surface area contributed by atoms with Crippen molar-refractivity contribution in [3.05, 3.63) is 153 Å². The summed E-state index contributed by atoms with van der Waals surface area (Å²) in [6.07, 6.45) is 3.55. The molecule has 4 aliphatic heterocycles. The number of ether oxygens (including phenoxy) is 5. The highest BCUT2D eigenvalue weighted by Crippen LogP contribution is 2.48. The summed E-state index contributed by atoms with van der Waals surface area (Å²) in [4.78, 5) is 40.1. The largest absolute Gasteiger partial charge is 0.597 e. The zero-order valence-corrected chi connectivity index (χ0v) is 60.2. The number of esters is 1. The lowest BCUT2D eigenvalue weighted by atomic mass is 9.94. The third-order valence-electron chi connectivity index (χ3n) is 14.7. The van der Waals surface area contributed by atoms with Gasteiger partial charge in [0.2, 0.25) is 13.6 Å².